The Labute approximate surface area is 160 Å². The van der Waals surface area contributed by atoms with Crippen molar-refractivity contribution in [3.8, 4) is 0 Å². The van der Waals surface area contributed by atoms with E-state index in [9.17, 15) is 9.59 Å². The molecule has 0 radical (unpaired) electrons. The minimum Gasteiger partial charge on any atom is -0.462 e. The number of carbonyl (C=O) groups excluding carboxylic acids is 2. The number of cyclic esters (lactones) is 2. The van der Waals surface area contributed by atoms with Crippen LogP contribution in [0, 0.1) is 0 Å². The largest absolute Gasteiger partial charge is 0.462 e. The minimum absolute atomic E-state index is 0.171. The molecule has 4 heteroatoms. The molecule has 1 aliphatic rings. The predicted octanol–water partition coefficient (Wildman–Crippen LogP) is 6.11. The molecule has 0 aromatic heterocycles. The summed E-state index contributed by atoms with van der Waals surface area (Å²) in [6, 6.07) is 0. The summed E-state index contributed by atoms with van der Waals surface area (Å²) in [5.74, 6) is -0.349. The van der Waals surface area contributed by atoms with Crippen molar-refractivity contribution in [1.29, 1.82) is 0 Å². The van der Waals surface area contributed by atoms with Gasteiger partial charge in [0, 0.05) is 12.8 Å². The van der Waals surface area contributed by atoms with Crippen LogP contribution < -0.4 is 0 Å². The van der Waals surface area contributed by atoms with Crippen molar-refractivity contribution in [2.75, 3.05) is 6.61 Å². The zero-order chi connectivity index (χ0) is 18.9. The van der Waals surface area contributed by atoms with Crippen LogP contribution in [0.3, 0.4) is 0 Å². The molecule has 1 rings (SSSR count). The summed E-state index contributed by atoms with van der Waals surface area (Å²) in [4.78, 5) is 23.5. The van der Waals surface area contributed by atoms with Crippen molar-refractivity contribution < 1.29 is 19.1 Å². The maximum atomic E-state index is 11.8. The van der Waals surface area contributed by atoms with Gasteiger partial charge in [-0.3, -0.25) is 9.59 Å². The summed E-state index contributed by atoms with van der Waals surface area (Å²) in [6.45, 7) is 1.96. The number of hydrogen-bond acceptors (Lipinski definition) is 4. The summed E-state index contributed by atoms with van der Waals surface area (Å²) in [6.07, 6.45) is 19.0. The van der Waals surface area contributed by atoms with Gasteiger partial charge in [-0.15, -0.1) is 0 Å². The highest BCUT2D eigenvalue weighted by molar-refractivity contribution is 5.70. The molecule has 0 spiro atoms. The van der Waals surface area contributed by atoms with E-state index in [0.29, 0.717) is 12.8 Å². The lowest BCUT2D eigenvalue weighted by atomic mass is 10.0. The van der Waals surface area contributed by atoms with Crippen LogP contribution in [0.2, 0.25) is 0 Å². The fourth-order valence-electron chi connectivity index (χ4n) is 3.44. The van der Waals surface area contributed by atoms with Crippen molar-refractivity contribution in [2.45, 2.75) is 122 Å². The fourth-order valence-corrected chi connectivity index (χ4v) is 3.44. The van der Waals surface area contributed by atoms with Gasteiger partial charge in [0.25, 0.3) is 0 Å². The molecule has 0 N–H and O–H groups in total. The Bertz CT molecular complexity index is 367. The monoisotopic (exact) mass is 368 g/mol. The van der Waals surface area contributed by atoms with Crippen molar-refractivity contribution in [2.24, 2.45) is 0 Å². The van der Waals surface area contributed by atoms with Crippen LogP contribution in [0.4, 0.5) is 0 Å². The zero-order valence-corrected chi connectivity index (χ0v) is 16.9. The van der Waals surface area contributed by atoms with Crippen molar-refractivity contribution in [1.82, 2.24) is 0 Å². The van der Waals surface area contributed by atoms with Crippen molar-refractivity contribution in [3.63, 3.8) is 0 Å². The second kappa shape index (κ2) is 16.1. The number of ether oxygens (including phenoxy) is 2. The lowest BCUT2D eigenvalue weighted by molar-refractivity contribution is -0.158. The van der Waals surface area contributed by atoms with Crippen molar-refractivity contribution >= 4 is 11.9 Å². The highest BCUT2D eigenvalue weighted by Crippen LogP contribution is 2.14. The number of hydrogen-bond donors (Lipinski definition) is 0. The first-order chi connectivity index (χ1) is 12.7. The third-order valence-corrected chi connectivity index (χ3v) is 5.07. The molecular weight excluding hydrogens is 328 g/mol. The number of esters is 2. The maximum absolute atomic E-state index is 11.8. The van der Waals surface area contributed by atoms with E-state index in [1.54, 1.807) is 6.92 Å². The average molecular weight is 369 g/mol. The zero-order valence-electron chi connectivity index (χ0n) is 16.9. The first kappa shape index (κ1) is 23.0. The molecule has 1 heterocycles. The highest BCUT2D eigenvalue weighted by atomic mass is 16.6. The van der Waals surface area contributed by atoms with Crippen LogP contribution >= 0.6 is 0 Å². The SMILES string of the molecule is CC1COC(=O)CCCCCCCCCCCCCCCCCC(=O)O1. The number of rotatable bonds is 0. The van der Waals surface area contributed by atoms with Gasteiger partial charge in [0.05, 0.1) is 0 Å². The molecule has 0 aliphatic carbocycles. The van der Waals surface area contributed by atoms with Crippen molar-refractivity contribution in [3.05, 3.63) is 0 Å². The van der Waals surface area contributed by atoms with E-state index >= 15 is 0 Å². The van der Waals surface area contributed by atoms with Gasteiger partial charge in [-0.1, -0.05) is 83.5 Å². The van der Waals surface area contributed by atoms with E-state index in [1.165, 1.54) is 70.6 Å². The molecule has 0 aromatic carbocycles. The summed E-state index contributed by atoms with van der Waals surface area (Å²) >= 11 is 0. The van der Waals surface area contributed by atoms with Gasteiger partial charge in [-0.2, -0.15) is 0 Å². The molecule has 1 saturated heterocycles. The lowest BCUT2D eigenvalue weighted by Crippen LogP contribution is -2.22. The van der Waals surface area contributed by atoms with Crippen LogP contribution in [0.5, 0.6) is 0 Å². The molecule has 1 fully saturated rings. The normalized spacial score (nSPS) is 25.0. The molecule has 0 aromatic rings. The van der Waals surface area contributed by atoms with Gasteiger partial charge in [0.1, 0.15) is 12.7 Å². The Morgan fingerprint density at radius 1 is 0.577 bits per heavy atom. The van der Waals surface area contributed by atoms with Gasteiger partial charge in [-0.05, 0) is 19.8 Å². The summed E-state index contributed by atoms with van der Waals surface area (Å²) in [7, 11) is 0. The standard InChI is InChI=1S/C22H40O4/c1-20-19-25-21(23)17-15-13-11-9-7-5-3-2-4-6-8-10-12-14-16-18-22(24)26-20/h20H,2-19H2,1H3. The third-order valence-electron chi connectivity index (χ3n) is 5.07. The second-order valence-corrected chi connectivity index (χ2v) is 7.79. The highest BCUT2D eigenvalue weighted by Gasteiger charge is 2.12. The van der Waals surface area contributed by atoms with Crippen LogP contribution in [0.1, 0.15) is 116 Å². The van der Waals surface area contributed by atoms with Gasteiger partial charge in [0.2, 0.25) is 0 Å². The molecule has 152 valence electrons. The van der Waals surface area contributed by atoms with Gasteiger partial charge < -0.3 is 9.47 Å². The quantitative estimate of drug-likeness (QED) is 0.484. The Kier molecular flexibility index (Phi) is 14.3. The predicted molar refractivity (Wildman–Crippen MR) is 105 cm³/mol. The van der Waals surface area contributed by atoms with E-state index < -0.39 is 0 Å². The molecule has 26 heavy (non-hydrogen) atoms. The maximum Gasteiger partial charge on any atom is 0.306 e. The minimum atomic E-state index is -0.354. The van der Waals surface area contributed by atoms with E-state index in [1.807, 2.05) is 0 Å². The molecule has 0 bridgehead atoms. The molecular formula is C22H40O4. The van der Waals surface area contributed by atoms with E-state index in [2.05, 4.69) is 0 Å². The van der Waals surface area contributed by atoms with Gasteiger partial charge in [-0.25, -0.2) is 0 Å². The van der Waals surface area contributed by atoms with E-state index in [-0.39, 0.29) is 24.6 Å². The molecule has 0 saturated carbocycles. The van der Waals surface area contributed by atoms with E-state index in [4.69, 9.17) is 9.47 Å². The van der Waals surface area contributed by atoms with Gasteiger partial charge in [0.15, 0.2) is 0 Å². The van der Waals surface area contributed by atoms with Gasteiger partial charge >= 0.3 is 11.9 Å². The second-order valence-electron chi connectivity index (χ2n) is 7.79. The summed E-state index contributed by atoms with van der Waals surface area (Å²) < 4.78 is 10.5. The Morgan fingerprint density at radius 3 is 1.35 bits per heavy atom. The number of carbonyl (C=O) groups is 2. The molecule has 0 amide bonds. The Balaban J connectivity index is 2.25. The Morgan fingerprint density at radius 2 is 0.923 bits per heavy atom. The smallest absolute Gasteiger partial charge is 0.306 e. The average Bonchev–Trinajstić information content (AvgIpc) is 2.61. The Hall–Kier alpha value is -1.06. The molecule has 1 aliphatic heterocycles. The molecule has 1 atom stereocenters. The van der Waals surface area contributed by atoms with Crippen LogP contribution in [0.15, 0.2) is 0 Å². The van der Waals surface area contributed by atoms with Crippen LogP contribution in [-0.4, -0.2) is 24.6 Å². The molecule has 4 nitrogen and oxygen atoms in total. The third kappa shape index (κ3) is 14.1. The molecule has 1 unspecified atom stereocenters. The van der Waals surface area contributed by atoms with Crippen LogP contribution in [0.25, 0.3) is 0 Å². The summed E-state index contributed by atoms with van der Waals surface area (Å²) in [5, 5.41) is 0. The first-order valence-corrected chi connectivity index (χ1v) is 11.0. The van der Waals surface area contributed by atoms with Crippen LogP contribution in [-0.2, 0) is 19.1 Å². The summed E-state index contributed by atoms with van der Waals surface area (Å²) in [5.41, 5.74) is 0. The first-order valence-electron chi connectivity index (χ1n) is 11.0. The topological polar surface area (TPSA) is 52.6 Å². The van der Waals surface area contributed by atoms with E-state index in [0.717, 1.165) is 25.7 Å². The fraction of sp³-hybridized carbons (Fsp3) is 0.909. The lowest BCUT2D eigenvalue weighted by Gasteiger charge is -2.13.